The monoisotopic (exact) mass is 483 g/mol. The van der Waals surface area contributed by atoms with Crippen molar-refractivity contribution >= 4 is 10.9 Å². The first-order chi connectivity index (χ1) is 17.6. The number of unbranched alkanes of at least 4 members (excludes halogenated alkanes) is 2. The first kappa shape index (κ1) is 22.1. The summed E-state index contributed by atoms with van der Waals surface area (Å²) in [5.74, 6) is 4.26. The number of benzene rings is 1. The van der Waals surface area contributed by atoms with Crippen LogP contribution in [0.25, 0.3) is 33.7 Å². The Morgan fingerprint density at radius 3 is 2.50 bits per heavy atom. The lowest BCUT2D eigenvalue weighted by atomic mass is 9.49. The fraction of sp³-hybridized carbons (Fsp3) is 0.500. The molecule has 1 aromatic carbocycles. The van der Waals surface area contributed by atoms with Crippen LogP contribution in [-0.2, 0) is 12.0 Å². The van der Waals surface area contributed by atoms with E-state index in [1.807, 2.05) is 36.5 Å². The van der Waals surface area contributed by atoms with Crippen LogP contribution in [0.4, 0.5) is 0 Å². The molecule has 186 valence electrons. The van der Waals surface area contributed by atoms with E-state index in [9.17, 15) is 4.79 Å². The predicted molar refractivity (Wildman–Crippen MR) is 139 cm³/mol. The summed E-state index contributed by atoms with van der Waals surface area (Å²) in [6, 6.07) is 9.77. The lowest BCUT2D eigenvalue weighted by Gasteiger charge is -2.55. The van der Waals surface area contributed by atoms with Crippen molar-refractivity contribution in [2.24, 2.45) is 17.8 Å². The van der Waals surface area contributed by atoms with Crippen LogP contribution in [0.1, 0.15) is 70.6 Å². The summed E-state index contributed by atoms with van der Waals surface area (Å²) in [5, 5.41) is 9.72. The number of rotatable bonds is 7. The van der Waals surface area contributed by atoms with E-state index in [4.69, 9.17) is 8.83 Å². The largest absolute Gasteiger partial charge is 0.464 e. The molecular formula is C30H33N3O3. The Balaban J connectivity index is 1.32. The topological polar surface area (TPSA) is 74.1 Å². The van der Waals surface area contributed by atoms with Gasteiger partial charge in [-0.3, -0.25) is 4.79 Å². The minimum Gasteiger partial charge on any atom is -0.464 e. The lowest BCUT2D eigenvalue weighted by molar-refractivity contribution is -0.0176. The summed E-state index contributed by atoms with van der Waals surface area (Å²) in [5.41, 5.74) is 2.27. The molecule has 6 nitrogen and oxygen atoms in total. The molecule has 0 radical (unpaired) electrons. The molecule has 4 aliphatic rings. The molecule has 0 N–H and O–H groups in total. The Hall–Kier alpha value is -3.15. The van der Waals surface area contributed by atoms with Crippen molar-refractivity contribution in [3.63, 3.8) is 0 Å². The molecule has 6 heteroatoms. The van der Waals surface area contributed by atoms with Gasteiger partial charge in [-0.15, -0.1) is 10.2 Å². The van der Waals surface area contributed by atoms with Crippen LogP contribution in [-0.4, -0.2) is 14.8 Å². The molecule has 4 fully saturated rings. The highest BCUT2D eigenvalue weighted by Crippen LogP contribution is 2.60. The molecular weight excluding hydrogens is 450 g/mol. The highest BCUT2D eigenvalue weighted by atomic mass is 16.4. The number of hydrogen-bond acceptors (Lipinski definition) is 5. The maximum Gasteiger partial charge on any atom is 0.253 e. The Kier molecular flexibility index (Phi) is 5.19. The average molecular weight is 484 g/mol. The third kappa shape index (κ3) is 3.56. The van der Waals surface area contributed by atoms with Crippen molar-refractivity contribution in [1.29, 1.82) is 0 Å². The highest BCUT2D eigenvalue weighted by molar-refractivity contribution is 5.86. The summed E-state index contributed by atoms with van der Waals surface area (Å²) in [7, 11) is 0. The quantitative estimate of drug-likeness (QED) is 0.265. The van der Waals surface area contributed by atoms with Gasteiger partial charge in [0, 0.05) is 29.1 Å². The summed E-state index contributed by atoms with van der Waals surface area (Å²) >= 11 is 0. The Bertz CT molecular complexity index is 1430. The van der Waals surface area contributed by atoms with E-state index in [0.29, 0.717) is 16.8 Å². The van der Waals surface area contributed by atoms with Crippen molar-refractivity contribution in [2.45, 2.75) is 76.7 Å². The molecule has 3 aromatic heterocycles. The molecule has 0 spiro atoms. The Morgan fingerprint density at radius 2 is 1.81 bits per heavy atom. The third-order valence-corrected chi connectivity index (χ3v) is 9.04. The number of aromatic nitrogens is 3. The zero-order chi connectivity index (χ0) is 24.3. The summed E-state index contributed by atoms with van der Waals surface area (Å²) in [4.78, 5) is 13.8. The van der Waals surface area contributed by atoms with E-state index in [1.54, 1.807) is 6.26 Å². The smallest absolute Gasteiger partial charge is 0.253 e. The van der Waals surface area contributed by atoms with Crippen molar-refractivity contribution < 1.29 is 8.83 Å². The van der Waals surface area contributed by atoms with Gasteiger partial charge in [-0.2, -0.15) is 0 Å². The van der Waals surface area contributed by atoms with Gasteiger partial charge in [0.2, 0.25) is 11.3 Å². The second-order valence-electron chi connectivity index (χ2n) is 11.6. The zero-order valence-corrected chi connectivity index (χ0v) is 20.9. The normalized spacial score (nSPS) is 26.8. The predicted octanol–water partition coefficient (Wildman–Crippen LogP) is 6.97. The second-order valence-corrected chi connectivity index (χ2v) is 11.6. The highest BCUT2D eigenvalue weighted by Gasteiger charge is 2.54. The minimum atomic E-state index is -0.0640. The first-order valence-electron chi connectivity index (χ1n) is 13.7. The molecule has 4 aliphatic carbocycles. The van der Waals surface area contributed by atoms with Crippen LogP contribution < -0.4 is 5.43 Å². The lowest BCUT2D eigenvalue weighted by Crippen LogP contribution is -2.48. The fourth-order valence-corrected chi connectivity index (χ4v) is 7.78. The van der Waals surface area contributed by atoms with Crippen LogP contribution in [0, 0.1) is 17.8 Å². The van der Waals surface area contributed by atoms with Gasteiger partial charge >= 0.3 is 0 Å². The number of furan rings is 1. The fourth-order valence-electron chi connectivity index (χ4n) is 7.78. The molecule has 0 unspecified atom stereocenters. The molecule has 8 rings (SSSR count). The van der Waals surface area contributed by atoms with Gasteiger partial charge in [-0.05, 0) is 93.0 Å². The number of aryl methyl sites for hydroxylation is 1. The standard InChI is InChI=1S/C30H33N3O3/c1-2-3-4-9-33-18-24(27(34)23-14-22(7-8-25(23)33)26-6-5-10-35-26)28-31-32-29(36-28)30-15-19-11-20(16-30)13-21(12-19)17-30/h5-8,10,14,18-21H,2-4,9,11-13,15-17H2,1H3. The van der Waals surface area contributed by atoms with Gasteiger partial charge in [0.1, 0.15) is 11.3 Å². The van der Waals surface area contributed by atoms with E-state index < -0.39 is 0 Å². The number of hydrogen-bond donors (Lipinski definition) is 0. The van der Waals surface area contributed by atoms with Gasteiger partial charge in [-0.25, -0.2) is 0 Å². The van der Waals surface area contributed by atoms with Gasteiger partial charge in [-0.1, -0.05) is 19.8 Å². The summed E-state index contributed by atoms with van der Waals surface area (Å²) < 4.78 is 14.2. The zero-order valence-electron chi connectivity index (χ0n) is 20.9. The van der Waals surface area contributed by atoms with Crippen LogP contribution in [0.15, 0.2) is 56.4 Å². The molecule has 3 heterocycles. The van der Waals surface area contributed by atoms with E-state index >= 15 is 0 Å². The van der Waals surface area contributed by atoms with Gasteiger partial charge in [0.15, 0.2) is 0 Å². The van der Waals surface area contributed by atoms with Crippen LogP contribution in [0.2, 0.25) is 0 Å². The molecule has 4 saturated carbocycles. The molecule has 36 heavy (non-hydrogen) atoms. The van der Waals surface area contributed by atoms with Crippen LogP contribution >= 0.6 is 0 Å². The second kappa shape index (κ2) is 8.46. The maximum atomic E-state index is 13.8. The van der Waals surface area contributed by atoms with E-state index in [1.165, 1.54) is 19.3 Å². The SMILES string of the molecule is CCCCCn1cc(-c2nnc(C34CC5CC(CC(C5)C3)C4)o2)c(=O)c2cc(-c3ccco3)ccc21. The van der Waals surface area contributed by atoms with E-state index in [-0.39, 0.29) is 10.8 Å². The third-order valence-electron chi connectivity index (χ3n) is 9.04. The van der Waals surface area contributed by atoms with Crippen LogP contribution in [0.5, 0.6) is 0 Å². The van der Waals surface area contributed by atoms with Crippen molar-refractivity contribution in [2.75, 3.05) is 0 Å². The van der Waals surface area contributed by atoms with Crippen LogP contribution in [0.3, 0.4) is 0 Å². The number of fused-ring (bicyclic) bond motifs is 1. The van der Waals surface area contributed by atoms with E-state index in [0.717, 1.165) is 85.6 Å². The molecule has 0 atom stereocenters. The Morgan fingerprint density at radius 1 is 1.03 bits per heavy atom. The van der Waals surface area contributed by atoms with Gasteiger partial charge < -0.3 is 13.4 Å². The molecule has 4 aromatic rings. The van der Waals surface area contributed by atoms with Gasteiger partial charge in [0.05, 0.1) is 11.8 Å². The maximum absolute atomic E-state index is 13.8. The molecule has 0 aliphatic heterocycles. The van der Waals surface area contributed by atoms with Gasteiger partial charge in [0.25, 0.3) is 5.89 Å². The first-order valence-corrected chi connectivity index (χ1v) is 13.7. The average Bonchev–Trinajstić information content (AvgIpc) is 3.58. The number of nitrogens with zero attached hydrogens (tertiary/aromatic N) is 3. The molecule has 4 bridgehead atoms. The molecule has 0 amide bonds. The summed E-state index contributed by atoms with van der Waals surface area (Å²) in [6.45, 7) is 3.04. The van der Waals surface area contributed by atoms with Crippen molar-refractivity contribution in [3.8, 4) is 22.8 Å². The molecule has 0 saturated heterocycles. The Labute approximate surface area is 210 Å². The number of pyridine rings is 1. The van der Waals surface area contributed by atoms with Crippen molar-refractivity contribution in [1.82, 2.24) is 14.8 Å². The minimum absolute atomic E-state index is 0.0173. The van der Waals surface area contributed by atoms with E-state index in [2.05, 4.69) is 21.7 Å². The van der Waals surface area contributed by atoms with Crippen molar-refractivity contribution in [3.05, 3.63) is 58.9 Å². The summed E-state index contributed by atoms with van der Waals surface area (Å²) in [6.07, 6.45) is 14.5.